The van der Waals surface area contributed by atoms with Crippen molar-refractivity contribution in [1.29, 1.82) is 0 Å². The summed E-state index contributed by atoms with van der Waals surface area (Å²) in [6.45, 7) is 2.42. The van der Waals surface area contributed by atoms with Gasteiger partial charge in [0.05, 0.1) is 17.2 Å². The van der Waals surface area contributed by atoms with Gasteiger partial charge < -0.3 is 4.74 Å². The molecule has 0 aromatic heterocycles. The van der Waals surface area contributed by atoms with E-state index >= 15 is 0 Å². The van der Waals surface area contributed by atoms with Crippen molar-refractivity contribution >= 4 is 31.6 Å². The summed E-state index contributed by atoms with van der Waals surface area (Å²) in [6.07, 6.45) is 0. The van der Waals surface area contributed by atoms with E-state index in [2.05, 4.69) is 20.7 Å². The number of nitrogens with one attached hydrogen (secondary N) is 1. The van der Waals surface area contributed by atoms with E-state index < -0.39 is 10.0 Å². The maximum absolute atomic E-state index is 12.3. The number of ether oxygens (including phenoxy) is 1. The Kier molecular flexibility index (Phi) is 4.67. The molecule has 0 bridgehead atoms. The van der Waals surface area contributed by atoms with Gasteiger partial charge in [-0.1, -0.05) is 12.1 Å². The topological polar surface area (TPSA) is 55.4 Å². The van der Waals surface area contributed by atoms with Crippen molar-refractivity contribution < 1.29 is 13.2 Å². The monoisotopic (exact) mass is 355 g/mol. The number of halogens is 1. The first-order valence-corrected chi connectivity index (χ1v) is 8.31. The molecule has 0 atom stereocenters. The quantitative estimate of drug-likeness (QED) is 0.890. The number of hydrogen-bond acceptors (Lipinski definition) is 3. The number of anilines is 1. The second-order valence-electron chi connectivity index (χ2n) is 3.99. The molecular formula is C14H14BrNO3S. The lowest BCUT2D eigenvalue weighted by Gasteiger charge is -2.10. The molecule has 2 rings (SSSR count). The normalized spacial score (nSPS) is 11.1. The molecule has 2 aromatic carbocycles. The van der Waals surface area contributed by atoms with E-state index in [-0.39, 0.29) is 4.90 Å². The van der Waals surface area contributed by atoms with E-state index in [9.17, 15) is 8.42 Å². The minimum absolute atomic E-state index is 0.191. The Labute approximate surface area is 127 Å². The lowest BCUT2D eigenvalue weighted by Crippen LogP contribution is -2.13. The Morgan fingerprint density at radius 3 is 2.35 bits per heavy atom. The van der Waals surface area contributed by atoms with E-state index in [0.717, 1.165) is 0 Å². The van der Waals surface area contributed by atoms with Crippen molar-refractivity contribution in [3.05, 3.63) is 53.0 Å². The Bertz CT molecular complexity index is 684. The molecule has 0 fully saturated rings. The van der Waals surface area contributed by atoms with Gasteiger partial charge in [-0.2, -0.15) is 0 Å². The third-order valence-electron chi connectivity index (χ3n) is 2.56. The molecule has 0 radical (unpaired) electrons. The van der Waals surface area contributed by atoms with Crippen molar-refractivity contribution in [3.63, 3.8) is 0 Å². The van der Waals surface area contributed by atoms with Gasteiger partial charge in [0, 0.05) is 4.47 Å². The second-order valence-corrected chi connectivity index (χ2v) is 6.53. The van der Waals surface area contributed by atoms with Crippen LogP contribution in [0, 0.1) is 0 Å². The standard InChI is InChI=1S/C14H14BrNO3S/c1-2-19-11-7-9-12(10-8-11)20(17,18)16-14-6-4-3-5-13(14)15/h3-10,16H,2H2,1H3. The Morgan fingerprint density at radius 2 is 1.75 bits per heavy atom. The van der Waals surface area contributed by atoms with Crippen LogP contribution in [-0.4, -0.2) is 15.0 Å². The van der Waals surface area contributed by atoms with Gasteiger partial charge in [-0.15, -0.1) is 0 Å². The molecule has 0 saturated carbocycles. The molecule has 0 unspecified atom stereocenters. The van der Waals surface area contributed by atoms with Crippen LogP contribution >= 0.6 is 15.9 Å². The lowest BCUT2D eigenvalue weighted by atomic mass is 10.3. The summed E-state index contributed by atoms with van der Waals surface area (Å²) >= 11 is 3.31. The van der Waals surface area contributed by atoms with E-state index in [1.807, 2.05) is 13.0 Å². The molecule has 0 aliphatic heterocycles. The average Bonchev–Trinajstić information content (AvgIpc) is 2.42. The summed E-state index contributed by atoms with van der Waals surface area (Å²) in [5, 5.41) is 0. The van der Waals surface area contributed by atoms with Gasteiger partial charge in [0.25, 0.3) is 10.0 Å². The van der Waals surface area contributed by atoms with Gasteiger partial charge in [0.15, 0.2) is 0 Å². The maximum atomic E-state index is 12.3. The zero-order valence-corrected chi connectivity index (χ0v) is 13.2. The Morgan fingerprint density at radius 1 is 1.10 bits per heavy atom. The molecule has 0 aliphatic carbocycles. The summed E-state index contributed by atoms with van der Waals surface area (Å²) in [7, 11) is -3.60. The number of rotatable bonds is 5. The van der Waals surface area contributed by atoms with E-state index in [0.29, 0.717) is 22.5 Å². The molecule has 20 heavy (non-hydrogen) atoms. The summed E-state index contributed by atoms with van der Waals surface area (Å²) < 4.78 is 33.0. The first-order chi connectivity index (χ1) is 9.53. The van der Waals surface area contributed by atoms with Gasteiger partial charge >= 0.3 is 0 Å². The van der Waals surface area contributed by atoms with Crippen LogP contribution in [0.5, 0.6) is 5.75 Å². The second kappa shape index (κ2) is 6.28. The van der Waals surface area contributed by atoms with Gasteiger partial charge in [0.2, 0.25) is 0 Å². The largest absolute Gasteiger partial charge is 0.494 e. The van der Waals surface area contributed by atoms with Crippen molar-refractivity contribution in [1.82, 2.24) is 0 Å². The predicted octanol–water partition coefficient (Wildman–Crippen LogP) is 3.65. The van der Waals surface area contributed by atoms with Crippen molar-refractivity contribution in [2.75, 3.05) is 11.3 Å². The highest BCUT2D eigenvalue weighted by molar-refractivity contribution is 9.10. The molecule has 4 nitrogen and oxygen atoms in total. The molecule has 0 heterocycles. The fourth-order valence-corrected chi connectivity index (χ4v) is 3.22. The maximum Gasteiger partial charge on any atom is 0.261 e. The van der Waals surface area contributed by atoms with Crippen LogP contribution in [-0.2, 0) is 10.0 Å². The molecule has 0 amide bonds. The highest BCUT2D eigenvalue weighted by atomic mass is 79.9. The Balaban J connectivity index is 2.24. The molecular weight excluding hydrogens is 342 g/mol. The SMILES string of the molecule is CCOc1ccc(S(=O)(=O)Nc2ccccc2Br)cc1. The van der Waals surface area contributed by atoms with Crippen molar-refractivity contribution in [3.8, 4) is 5.75 Å². The average molecular weight is 356 g/mol. The number of hydrogen-bond donors (Lipinski definition) is 1. The van der Waals surface area contributed by atoms with Crippen LogP contribution in [0.3, 0.4) is 0 Å². The number of sulfonamides is 1. The van der Waals surface area contributed by atoms with Gasteiger partial charge in [0.1, 0.15) is 5.75 Å². The zero-order chi connectivity index (χ0) is 14.6. The number of benzene rings is 2. The minimum atomic E-state index is -3.60. The highest BCUT2D eigenvalue weighted by Gasteiger charge is 2.15. The fraction of sp³-hybridized carbons (Fsp3) is 0.143. The predicted molar refractivity (Wildman–Crippen MR) is 82.6 cm³/mol. The number of para-hydroxylation sites is 1. The van der Waals surface area contributed by atoms with Crippen molar-refractivity contribution in [2.45, 2.75) is 11.8 Å². The third-order valence-corrected chi connectivity index (χ3v) is 4.64. The molecule has 1 N–H and O–H groups in total. The molecule has 2 aromatic rings. The van der Waals surface area contributed by atoms with Crippen LogP contribution in [0.15, 0.2) is 57.9 Å². The van der Waals surface area contributed by atoms with Gasteiger partial charge in [-0.05, 0) is 59.3 Å². The molecule has 0 spiro atoms. The summed E-state index contributed by atoms with van der Waals surface area (Å²) in [5.74, 6) is 0.646. The Hall–Kier alpha value is -1.53. The van der Waals surface area contributed by atoms with Crippen LogP contribution in [0.25, 0.3) is 0 Å². The summed E-state index contributed by atoms with van der Waals surface area (Å²) in [6, 6.07) is 13.4. The third kappa shape index (κ3) is 3.52. The van der Waals surface area contributed by atoms with Crippen molar-refractivity contribution in [2.24, 2.45) is 0 Å². The van der Waals surface area contributed by atoms with Crippen LogP contribution < -0.4 is 9.46 Å². The van der Waals surface area contributed by atoms with Crippen LogP contribution in [0.2, 0.25) is 0 Å². The lowest BCUT2D eigenvalue weighted by molar-refractivity contribution is 0.340. The summed E-state index contributed by atoms with van der Waals surface area (Å²) in [5.41, 5.74) is 0.501. The van der Waals surface area contributed by atoms with Gasteiger partial charge in [-0.25, -0.2) is 8.42 Å². The molecule has 106 valence electrons. The first-order valence-electron chi connectivity index (χ1n) is 6.03. The minimum Gasteiger partial charge on any atom is -0.494 e. The van der Waals surface area contributed by atoms with Gasteiger partial charge in [-0.3, -0.25) is 4.72 Å². The highest BCUT2D eigenvalue weighted by Crippen LogP contribution is 2.25. The van der Waals surface area contributed by atoms with Crippen LogP contribution in [0.4, 0.5) is 5.69 Å². The fourth-order valence-electron chi connectivity index (χ4n) is 1.63. The molecule has 6 heteroatoms. The first kappa shape index (κ1) is 14.9. The smallest absolute Gasteiger partial charge is 0.261 e. The molecule has 0 saturated heterocycles. The van der Waals surface area contributed by atoms with Crippen LogP contribution in [0.1, 0.15) is 6.92 Å². The zero-order valence-electron chi connectivity index (χ0n) is 10.8. The van der Waals surface area contributed by atoms with E-state index in [4.69, 9.17) is 4.74 Å². The van der Waals surface area contributed by atoms with E-state index in [1.54, 1.807) is 30.3 Å². The van der Waals surface area contributed by atoms with E-state index in [1.165, 1.54) is 12.1 Å². The summed E-state index contributed by atoms with van der Waals surface area (Å²) in [4.78, 5) is 0.191. The molecule has 0 aliphatic rings.